The number of aliphatic hydroxyl groups is 1. The van der Waals surface area contributed by atoms with Crippen molar-refractivity contribution in [3.63, 3.8) is 0 Å². The molecule has 0 spiro atoms. The number of nitrogens with one attached hydrogen (secondary N) is 1. The Bertz CT molecular complexity index is 326. The third-order valence-electron chi connectivity index (χ3n) is 1.76. The fourth-order valence-electron chi connectivity index (χ4n) is 1.10. The molecular formula is C9H16N4O3. The summed E-state index contributed by atoms with van der Waals surface area (Å²) >= 11 is 0. The number of ether oxygens (including phenoxy) is 1. The summed E-state index contributed by atoms with van der Waals surface area (Å²) in [6.07, 6.45) is 3.07. The molecule has 16 heavy (non-hydrogen) atoms. The second kappa shape index (κ2) is 6.81. The van der Waals surface area contributed by atoms with E-state index in [4.69, 9.17) is 15.6 Å². The van der Waals surface area contributed by atoms with E-state index in [0.29, 0.717) is 18.8 Å². The molecule has 1 rings (SSSR count). The second-order valence-corrected chi connectivity index (χ2v) is 3.16. The standard InChI is InChI=1S/C9H16N4O3/c10-8-5-12-13(6-8)7-9(15)11-1-3-16-4-2-14/h5-6,14H,1-4,7,10H2,(H,11,15). The van der Waals surface area contributed by atoms with Crippen LogP contribution in [0.2, 0.25) is 0 Å². The highest BCUT2D eigenvalue weighted by molar-refractivity contribution is 5.75. The van der Waals surface area contributed by atoms with Crippen molar-refractivity contribution in [2.45, 2.75) is 6.54 Å². The van der Waals surface area contributed by atoms with Crippen LogP contribution in [-0.4, -0.2) is 47.2 Å². The number of nitrogens with zero attached hydrogens (tertiary/aromatic N) is 2. The first-order valence-electron chi connectivity index (χ1n) is 4.95. The fourth-order valence-corrected chi connectivity index (χ4v) is 1.10. The minimum absolute atomic E-state index is 0.0134. The van der Waals surface area contributed by atoms with Gasteiger partial charge in [0.2, 0.25) is 5.91 Å². The van der Waals surface area contributed by atoms with E-state index in [2.05, 4.69) is 10.4 Å². The molecule has 0 aliphatic heterocycles. The van der Waals surface area contributed by atoms with Gasteiger partial charge in [0.05, 0.1) is 31.7 Å². The molecule has 4 N–H and O–H groups in total. The van der Waals surface area contributed by atoms with Gasteiger partial charge >= 0.3 is 0 Å². The van der Waals surface area contributed by atoms with E-state index >= 15 is 0 Å². The molecule has 1 aromatic heterocycles. The second-order valence-electron chi connectivity index (χ2n) is 3.16. The molecule has 0 aliphatic carbocycles. The molecule has 0 fully saturated rings. The molecule has 0 atom stereocenters. The van der Waals surface area contributed by atoms with Gasteiger partial charge in [0.1, 0.15) is 6.54 Å². The van der Waals surface area contributed by atoms with Crippen molar-refractivity contribution in [1.82, 2.24) is 15.1 Å². The topological polar surface area (TPSA) is 102 Å². The smallest absolute Gasteiger partial charge is 0.241 e. The van der Waals surface area contributed by atoms with Gasteiger partial charge in [-0.15, -0.1) is 0 Å². The van der Waals surface area contributed by atoms with Crippen LogP contribution in [0.15, 0.2) is 12.4 Å². The summed E-state index contributed by atoms with van der Waals surface area (Å²) in [5.41, 5.74) is 5.98. The average molecular weight is 228 g/mol. The lowest BCUT2D eigenvalue weighted by atomic mass is 10.5. The number of carbonyl (C=O) groups excluding carboxylic acids is 1. The maximum absolute atomic E-state index is 11.3. The van der Waals surface area contributed by atoms with E-state index < -0.39 is 0 Å². The SMILES string of the molecule is Nc1cnn(CC(=O)NCCOCCO)c1. The van der Waals surface area contributed by atoms with Crippen LogP contribution in [0.1, 0.15) is 0 Å². The first kappa shape index (κ1) is 12.5. The normalized spacial score (nSPS) is 10.3. The van der Waals surface area contributed by atoms with E-state index in [0.717, 1.165) is 0 Å². The van der Waals surface area contributed by atoms with E-state index in [9.17, 15) is 4.79 Å². The minimum atomic E-state index is -0.157. The number of aliphatic hydroxyl groups excluding tert-OH is 1. The molecule has 0 unspecified atom stereocenters. The first-order valence-corrected chi connectivity index (χ1v) is 4.95. The highest BCUT2D eigenvalue weighted by atomic mass is 16.5. The van der Waals surface area contributed by atoms with Gasteiger partial charge in [0.15, 0.2) is 0 Å². The Balaban J connectivity index is 2.11. The van der Waals surface area contributed by atoms with Crippen molar-refractivity contribution in [2.24, 2.45) is 0 Å². The Morgan fingerprint density at radius 2 is 2.44 bits per heavy atom. The number of hydrogen-bond donors (Lipinski definition) is 3. The highest BCUT2D eigenvalue weighted by Crippen LogP contribution is 1.96. The summed E-state index contributed by atoms with van der Waals surface area (Å²) in [5.74, 6) is -0.157. The third kappa shape index (κ3) is 4.76. The minimum Gasteiger partial charge on any atom is -0.396 e. The molecule has 1 amide bonds. The van der Waals surface area contributed by atoms with Gasteiger partial charge in [-0.1, -0.05) is 0 Å². The zero-order valence-corrected chi connectivity index (χ0v) is 8.93. The van der Waals surface area contributed by atoms with Crippen LogP contribution in [-0.2, 0) is 16.1 Å². The van der Waals surface area contributed by atoms with Gasteiger partial charge in [-0.2, -0.15) is 5.10 Å². The summed E-state index contributed by atoms with van der Waals surface area (Å²) in [4.78, 5) is 11.3. The number of anilines is 1. The molecule has 0 radical (unpaired) electrons. The van der Waals surface area contributed by atoms with Gasteiger partial charge in [-0.25, -0.2) is 0 Å². The van der Waals surface area contributed by atoms with Gasteiger partial charge < -0.3 is 20.9 Å². The van der Waals surface area contributed by atoms with E-state index in [1.165, 1.54) is 10.9 Å². The fraction of sp³-hybridized carbons (Fsp3) is 0.556. The maximum atomic E-state index is 11.3. The van der Waals surface area contributed by atoms with Crippen LogP contribution in [0.5, 0.6) is 0 Å². The summed E-state index contributed by atoms with van der Waals surface area (Å²) in [6.45, 7) is 1.20. The summed E-state index contributed by atoms with van der Waals surface area (Å²) in [5, 5.41) is 15.0. The number of hydrogen-bond acceptors (Lipinski definition) is 5. The molecule has 0 saturated heterocycles. The first-order chi connectivity index (χ1) is 7.72. The average Bonchev–Trinajstić information content (AvgIpc) is 2.63. The Kier molecular flexibility index (Phi) is 5.30. The van der Waals surface area contributed by atoms with Crippen molar-refractivity contribution in [2.75, 3.05) is 32.1 Å². The summed E-state index contributed by atoms with van der Waals surface area (Å²) < 4.78 is 6.44. The molecular weight excluding hydrogens is 212 g/mol. The molecule has 0 aromatic carbocycles. The molecule has 0 aliphatic rings. The number of aromatic nitrogens is 2. The molecule has 1 heterocycles. The van der Waals surface area contributed by atoms with Crippen LogP contribution >= 0.6 is 0 Å². The van der Waals surface area contributed by atoms with Crippen molar-refractivity contribution in [3.8, 4) is 0 Å². The molecule has 7 heteroatoms. The zero-order chi connectivity index (χ0) is 11.8. The van der Waals surface area contributed by atoms with Crippen molar-refractivity contribution < 1.29 is 14.6 Å². The van der Waals surface area contributed by atoms with E-state index in [-0.39, 0.29) is 25.7 Å². The van der Waals surface area contributed by atoms with Gasteiger partial charge in [-0.3, -0.25) is 9.48 Å². The Hall–Kier alpha value is -1.60. The molecule has 0 bridgehead atoms. The van der Waals surface area contributed by atoms with Crippen LogP contribution in [0.25, 0.3) is 0 Å². The molecule has 7 nitrogen and oxygen atoms in total. The summed E-state index contributed by atoms with van der Waals surface area (Å²) in [6, 6.07) is 0. The van der Waals surface area contributed by atoms with Crippen LogP contribution in [0, 0.1) is 0 Å². The van der Waals surface area contributed by atoms with Crippen LogP contribution in [0.4, 0.5) is 5.69 Å². The largest absolute Gasteiger partial charge is 0.396 e. The van der Waals surface area contributed by atoms with Gasteiger partial charge in [0, 0.05) is 12.7 Å². The predicted octanol–water partition coefficient (Wildman–Crippen LogP) is -1.41. The molecule has 1 aromatic rings. The number of amides is 1. The summed E-state index contributed by atoms with van der Waals surface area (Å²) in [7, 11) is 0. The quantitative estimate of drug-likeness (QED) is 0.498. The van der Waals surface area contributed by atoms with Crippen LogP contribution < -0.4 is 11.1 Å². The van der Waals surface area contributed by atoms with Gasteiger partial charge in [0.25, 0.3) is 0 Å². The number of carbonyl (C=O) groups is 1. The van der Waals surface area contributed by atoms with Crippen molar-refractivity contribution >= 4 is 11.6 Å². The highest BCUT2D eigenvalue weighted by Gasteiger charge is 2.02. The third-order valence-corrected chi connectivity index (χ3v) is 1.76. The Labute approximate surface area is 93.2 Å². The molecule has 0 saturated carbocycles. The lowest BCUT2D eigenvalue weighted by Gasteiger charge is -2.05. The zero-order valence-electron chi connectivity index (χ0n) is 8.93. The van der Waals surface area contributed by atoms with E-state index in [1.807, 2.05) is 0 Å². The van der Waals surface area contributed by atoms with E-state index in [1.54, 1.807) is 6.20 Å². The van der Waals surface area contributed by atoms with Crippen molar-refractivity contribution in [1.29, 1.82) is 0 Å². The van der Waals surface area contributed by atoms with Crippen LogP contribution in [0.3, 0.4) is 0 Å². The number of nitrogen functional groups attached to an aromatic ring is 1. The lowest BCUT2D eigenvalue weighted by Crippen LogP contribution is -2.30. The van der Waals surface area contributed by atoms with Crippen molar-refractivity contribution in [3.05, 3.63) is 12.4 Å². The Morgan fingerprint density at radius 3 is 3.06 bits per heavy atom. The lowest BCUT2D eigenvalue weighted by molar-refractivity contribution is -0.122. The number of rotatable bonds is 7. The maximum Gasteiger partial charge on any atom is 0.241 e. The van der Waals surface area contributed by atoms with Gasteiger partial charge in [-0.05, 0) is 0 Å². The Morgan fingerprint density at radius 1 is 1.62 bits per heavy atom. The predicted molar refractivity (Wildman–Crippen MR) is 57.6 cm³/mol. The monoisotopic (exact) mass is 228 g/mol. The number of nitrogens with two attached hydrogens (primary N) is 1. The molecule has 90 valence electrons.